The molecular formula is C21H22N2O6S2. The zero-order chi connectivity index (χ0) is 22.4. The quantitative estimate of drug-likeness (QED) is 0.344. The molecule has 0 radical (unpaired) electrons. The fraction of sp³-hybridized carbons (Fsp3) is 0.286. The molecule has 1 aliphatic rings. The number of benzene rings is 2. The molecule has 1 saturated heterocycles. The number of primary amides is 1. The van der Waals surface area contributed by atoms with Crippen molar-refractivity contribution >= 4 is 39.4 Å². The summed E-state index contributed by atoms with van der Waals surface area (Å²) < 4.78 is 31.7. The van der Waals surface area contributed by atoms with Crippen molar-refractivity contribution in [2.45, 2.75) is 22.6 Å². The Hall–Kier alpha value is -2.69. The van der Waals surface area contributed by atoms with E-state index in [9.17, 15) is 22.8 Å². The minimum Gasteiger partial charge on any atom is -0.454 e. The fourth-order valence-corrected chi connectivity index (χ4v) is 5.39. The van der Waals surface area contributed by atoms with Crippen molar-refractivity contribution in [2.24, 2.45) is 5.73 Å². The van der Waals surface area contributed by atoms with Gasteiger partial charge in [0.15, 0.2) is 12.4 Å². The maximum Gasteiger partial charge on any atom is 0.339 e. The van der Waals surface area contributed by atoms with Crippen molar-refractivity contribution in [3.8, 4) is 0 Å². The first kappa shape index (κ1) is 23.0. The Morgan fingerprint density at radius 2 is 1.65 bits per heavy atom. The summed E-state index contributed by atoms with van der Waals surface area (Å²) in [5, 5.41) is 0. The molecule has 1 fully saturated rings. The molecule has 2 aromatic rings. The summed E-state index contributed by atoms with van der Waals surface area (Å²) in [4.78, 5) is 36.4. The molecule has 31 heavy (non-hydrogen) atoms. The Morgan fingerprint density at radius 3 is 2.29 bits per heavy atom. The molecule has 0 bridgehead atoms. The van der Waals surface area contributed by atoms with Gasteiger partial charge < -0.3 is 10.5 Å². The molecule has 8 nitrogen and oxygen atoms in total. The van der Waals surface area contributed by atoms with Gasteiger partial charge in [0.25, 0.3) is 0 Å². The van der Waals surface area contributed by atoms with E-state index in [0.717, 1.165) is 24.6 Å². The van der Waals surface area contributed by atoms with E-state index in [1.54, 1.807) is 18.2 Å². The van der Waals surface area contributed by atoms with Gasteiger partial charge in [-0.3, -0.25) is 9.59 Å². The number of hydrogen-bond donors (Lipinski definition) is 1. The van der Waals surface area contributed by atoms with Crippen molar-refractivity contribution in [3.05, 3.63) is 59.7 Å². The molecule has 0 unspecified atom stereocenters. The Morgan fingerprint density at radius 1 is 1.00 bits per heavy atom. The number of carbonyl (C=O) groups is 3. The average Bonchev–Trinajstić information content (AvgIpc) is 3.32. The predicted molar refractivity (Wildman–Crippen MR) is 115 cm³/mol. The number of esters is 1. The van der Waals surface area contributed by atoms with Crippen LogP contribution >= 0.6 is 11.8 Å². The number of rotatable bonds is 9. The van der Waals surface area contributed by atoms with Crippen LogP contribution < -0.4 is 5.73 Å². The maximum absolute atomic E-state index is 12.6. The fourth-order valence-electron chi connectivity index (χ4n) is 3.09. The third kappa shape index (κ3) is 5.72. The lowest BCUT2D eigenvalue weighted by Gasteiger charge is -2.15. The monoisotopic (exact) mass is 462 g/mol. The van der Waals surface area contributed by atoms with Crippen LogP contribution in [0.3, 0.4) is 0 Å². The number of carbonyl (C=O) groups excluding carboxylic acids is 3. The number of amides is 1. The van der Waals surface area contributed by atoms with Crippen molar-refractivity contribution < 1.29 is 27.5 Å². The van der Waals surface area contributed by atoms with Gasteiger partial charge in [0, 0.05) is 23.5 Å². The van der Waals surface area contributed by atoms with Crippen molar-refractivity contribution in [3.63, 3.8) is 0 Å². The zero-order valence-corrected chi connectivity index (χ0v) is 18.3. The van der Waals surface area contributed by atoms with E-state index < -0.39 is 34.3 Å². The summed E-state index contributed by atoms with van der Waals surface area (Å²) in [6, 6.07) is 12.2. The molecule has 1 heterocycles. The van der Waals surface area contributed by atoms with Gasteiger partial charge in [0.05, 0.1) is 16.2 Å². The van der Waals surface area contributed by atoms with Gasteiger partial charge in [-0.15, -0.1) is 11.8 Å². The highest BCUT2D eigenvalue weighted by Crippen LogP contribution is 2.24. The number of ketones is 1. The minimum absolute atomic E-state index is 0.00983. The molecule has 2 aromatic carbocycles. The lowest BCUT2D eigenvalue weighted by Crippen LogP contribution is -2.27. The highest BCUT2D eigenvalue weighted by Gasteiger charge is 2.27. The second kappa shape index (κ2) is 10.1. The van der Waals surface area contributed by atoms with Crippen LogP contribution in [-0.2, 0) is 19.6 Å². The van der Waals surface area contributed by atoms with Gasteiger partial charge in [-0.2, -0.15) is 4.31 Å². The van der Waals surface area contributed by atoms with Gasteiger partial charge in [-0.1, -0.05) is 12.1 Å². The van der Waals surface area contributed by atoms with Crippen LogP contribution in [0.25, 0.3) is 0 Å². The van der Waals surface area contributed by atoms with Crippen molar-refractivity contribution in [1.29, 1.82) is 0 Å². The lowest BCUT2D eigenvalue weighted by molar-refractivity contribution is -0.115. The van der Waals surface area contributed by atoms with Gasteiger partial charge in [-0.05, 0) is 49.2 Å². The van der Waals surface area contributed by atoms with Gasteiger partial charge in [0.2, 0.25) is 15.9 Å². The van der Waals surface area contributed by atoms with Crippen LogP contribution in [0.5, 0.6) is 0 Å². The Bertz CT molecular complexity index is 1080. The number of nitrogens with two attached hydrogens (primary N) is 1. The second-order valence-corrected chi connectivity index (χ2v) is 9.84. The summed E-state index contributed by atoms with van der Waals surface area (Å²) >= 11 is 1.11. The Balaban J connectivity index is 1.62. The lowest BCUT2D eigenvalue weighted by atomic mass is 10.1. The van der Waals surface area contributed by atoms with E-state index in [1.165, 1.54) is 34.6 Å². The topological polar surface area (TPSA) is 124 Å². The highest BCUT2D eigenvalue weighted by atomic mass is 32.2. The SMILES string of the molecule is NC(=O)CSc1ccccc1C(=O)OCC(=O)c1ccc(S(=O)(=O)N2CCCC2)cc1. The van der Waals surface area contributed by atoms with Gasteiger partial charge in [0.1, 0.15) is 0 Å². The molecule has 0 atom stereocenters. The van der Waals surface area contributed by atoms with Crippen LogP contribution in [0.2, 0.25) is 0 Å². The maximum atomic E-state index is 12.6. The minimum atomic E-state index is -3.56. The molecular weight excluding hydrogens is 440 g/mol. The first-order valence-corrected chi connectivity index (χ1v) is 12.0. The van der Waals surface area contributed by atoms with Crippen LogP contribution in [0.4, 0.5) is 0 Å². The average molecular weight is 463 g/mol. The van der Waals surface area contributed by atoms with Crippen LogP contribution in [0, 0.1) is 0 Å². The molecule has 0 spiro atoms. The van der Waals surface area contributed by atoms with Gasteiger partial charge in [-0.25, -0.2) is 13.2 Å². The molecule has 1 aliphatic heterocycles. The zero-order valence-electron chi connectivity index (χ0n) is 16.7. The number of Topliss-reactive ketones (excluding diaryl/α,β-unsaturated/α-hetero) is 1. The standard InChI is InChI=1S/C21H22N2O6S2/c22-20(25)14-30-19-6-2-1-5-17(19)21(26)29-13-18(24)15-7-9-16(10-8-15)31(27,28)23-11-3-4-12-23/h1-2,5-10H,3-4,11-14H2,(H2,22,25). The molecule has 3 rings (SSSR count). The van der Waals surface area contributed by atoms with Crippen LogP contribution in [0.1, 0.15) is 33.6 Å². The van der Waals surface area contributed by atoms with E-state index in [2.05, 4.69) is 0 Å². The van der Waals surface area contributed by atoms with Gasteiger partial charge >= 0.3 is 5.97 Å². The largest absolute Gasteiger partial charge is 0.454 e. The Kier molecular flexibility index (Phi) is 7.47. The molecule has 0 aromatic heterocycles. The molecule has 10 heteroatoms. The number of hydrogen-bond acceptors (Lipinski definition) is 7. The predicted octanol–water partition coefficient (Wildman–Crippen LogP) is 2.09. The van der Waals surface area contributed by atoms with E-state index >= 15 is 0 Å². The second-order valence-electron chi connectivity index (χ2n) is 6.89. The third-order valence-electron chi connectivity index (χ3n) is 4.69. The normalized spacial score (nSPS) is 14.3. The van der Waals surface area contributed by atoms with E-state index in [1.807, 2.05) is 0 Å². The summed E-state index contributed by atoms with van der Waals surface area (Å²) in [7, 11) is -3.56. The van der Waals surface area contributed by atoms with E-state index in [-0.39, 0.29) is 21.8 Å². The van der Waals surface area contributed by atoms with Crippen LogP contribution in [0.15, 0.2) is 58.3 Å². The molecule has 0 saturated carbocycles. The first-order valence-electron chi connectivity index (χ1n) is 9.59. The van der Waals surface area contributed by atoms with Crippen molar-refractivity contribution in [1.82, 2.24) is 4.31 Å². The van der Waals surface area contributed by atoms with Crippen molar-refractivity contribution in [2.75, 3.05) is 25.4 Å². The third-order valence-corrected chi connectivity index (χ3v) is 7.70. The number of thioether (sulfide) groups is 1. The van der Waals surface area contributed by atoms with Crippen LogP contribution in [-0.4, -0.2) is 55.8 Å². The van der Waals surface area contributed by atoms with E-state index in [0.29, 0.717) is 18.0 Å². The molecule has 2 N–H and O–H groups in total. The molecule has 1 amide bonds. The molecule has 0 aliphatic carbocycles. The number of sulfonamides is 1. The highest BCUT2D eigenvalue weighted by molar-refractivity contribution is 8.00. The first-order chi connectivity index (χ1) is 14.8. The summed E-state index contributed by atoms with van der Waals surface area (Å²) in [5.41, 5.74) is 5.61. The summed E-state index contributed by atoms with van der Waals surface area (Å²) in [5.74, 6) is -1.66. The smallest absolute Gasteiger partial charge is 0.339 e. The number of nitrogens with zero attached hydrogens (tertiary/aromatic N) is 1. The summed E-state index contributed by atoms with van der Waals surface area (Å²) in [6.07, 6.45) is 1.68. The molecule has 164 valence electrons. The Labute approximate surface area is 184 Å². The van der Waals surface area contributed by atoms with E-state index in [4.69, 9.17) is 10.5 Å². The number of ether oxygens (including phenoxy) is 1. The summed E-state index contributed by atoms with van der Waals surface area (Å²) in [6.45, 7) is 0.502.